The third kappa shape index (κ3) is 4.86. The van der Waals surface area contributed by atoms with Crippen LogP contribution in [-0.2, 0) is 19.5 Å². The summed E-state index contributed by atoms with van der Waals surface area (Å²) in [5.74, 6) is 1.72. The number of nitrogens with zero attached hydrogens (tertiary/aromatic N) is 2. The summed E-state index contributed by atoms with van der Waals surface area (Å²) >= 11 is 0. The number of furan rings is 1. The van der Waals surface area contributed by atoms with Gasteiger partial charge in [-0.25, -0.2) is 4.98 Å². The number of carbonyl (C=O) groups excluding carboxylic acids is 1. The molecule has 0 saturated heterocycles. The van der Waals surface area contributed by atoms with Gasteiger partial charge in [0.2, 0.25) is 0 Å². The second-order valence-electron chi connectivity index (χ2n) is 7.13. The summed E-state index contributed by atoms with van der Waals surface area (Å²) in [7, 11) is 0. The molecular weight excluding hydrogens is 390 g/mol. The number of rotatable bonds is 10. The fourth-order valence-electron chi connectivity index (χ4n) is 3.54. The molecule has 0 aliphatic heterocycles. The maximum Gasteiger partial charge on any atom is 0.287 e. The highest BCUT2D eigenvalue weighted by Crippen LogP contribution is 2.20. The van der Waals surface area contributed by atoms with Crippen LogP contribution in [-0.4, -0.2) is 22.1 Å². The van der Waals surface area contributed by atoms with Gasteiger partial charge in [-0.1, -0.05) is 36.4 Å². The number of allylic oxidation sites excluding steroid dienone is 1. The summed E-state index contributed by atoms with van der Waals surface area (Å²) in [6.45, 7) is 5.44. The maximum absolute atomic E-state index is 12.2. The smallest absolute Gasteiger partial charge is 0.287 e. The van der Waals surface area contributed by atoms with Crippen LogP contribution in [0.4, 0.5) is 0 Å². The Morgan fingerprint density at radius 3 is 2.81 bits per heavy atom. The van der Waals surface area contributed by atoms with Gasteiger partial charge in [-0.3, -0.25) is 4.79 Å². The van der Waals surface area contributed by atoms with Crippen molar-refractivity contribution in [2.24, 2.45) is 0 Å². The first kappa shape index (κ1) is 20.5. The first-order valence-electron chi connectivity index (χ1n) is 10.3. The molecule has 0 radical (unpaired) electrons. The average Bonchev–Trinajstić information content (AvgIpc) is 3.45. The molecule has 0 spiro atoms. The summed E-state index contributed by atoms with van der Waals surface area (Å²) in [5.41, 5.74) is 3.07. The van der Waals surface area contributed by atoms with Crippen LogP contribution in [0.3, 0.4) is 0 Å². The van der Waals surface area contributed by atoms with E-state index in [9.17, 15) is 4.79 Å². The van der Waals surface area contributed by atoms with E-state index in [0.717, 1.165) is 47.6 Å². The molecule has 6 nitrogen and oxygen atoms in total. The summed E-state index contributed by atoms with van der Waals surface area (Å²) in [5, 5.41) is 2.88. The van der Waals surface area contributed by atoms with Gasteiger partial charge in [-0.15, -0.1) is 6.58 Å². The highest BCUT2D eigenvalue weighted by Gasteiger charge is 2.13. The molecule has 0 saturated carbocycles. The van der Waals surface area contributed by atoms with Crippen LogP contribution in [0.25, 0.3) is 11.0 Å². The highest BCUT2D eigenvalue weighted by atomic mass is 16.5. The first-order chi connectivity index (χ1) is 15.3. The van der Waals surface area contributed by atoms with Crippen LogP contribution in [0.5, 0.6) is 5.75 Å². The van der Waals surface area contributed by atoms with E-state index in [-0.39, 0.29) is 11.7 Å². The van der Waals surface area contributed by atoms with E-state index >= 15 is 0 Å². The minimum atomic E-state index is -0.259. The van der Waals surface area contributed by atoms with E-state index in [0.29, 0.717) is 13.2 Å². The topological polar surface area (TPSA) is 69.3 Å². The van der Waals surface area contributed by atoms with Crippen LogP contribution in [0.15, 0.2) is 84.0 Å². The lowest BCUT2D eigenvalue weighted by Crippen LogP contribution is -2.24. The van der Waals surface area contributed by atoms with Crippen molar-refractivity contribution in [3.8, 4) is 5.75 Å². The Labute approximate surface area is 181 Å². The lowest BCUT2D eigenvalue weighted by molar-refractivity contribution is 0.0921. The van der Waals surface area contributed by atoms with Gasteiger partial charge in [0, 0.05) is 6.54 Å². The maximum atomic E-state index is 12.2. The quantitative estimate of drug-likeness (QED) is 0.300. The van der Waals surface area contributed by atoms with Crippen molar-refractivity contribution in [2.75, 3.05) is 6.61 Å². The number of nitrogens with one attached hydrogen (secondary N) is 1. The molecule has 2 aromatic heterocycles. The zero-order chi connectivity index (χ0) is 21.5. The molecule has 0 aliphatic rings. The molecule has 4 rings (SSSR count). The SMILES string of the molecule is C=CCc1ccccc1OCCCn1c(CNC(=O)c2ccco2)nc2ccccc21. The molecule has 0 fully saturated rings. The fraction of sp³-hybridized carbons (Fsp3) is 0.200. The molecule has 158 valence electrons. The highest BCUT2D eigenvalue weighted by molar-refractivity contribution is 5.91. The van der Waals surface area contributed by atoms with Gasteiger partial charge in [0.25, 0.3) is 5.91 Å². The van der Waals surface area contributed by atoms with E-state index in [4.69, 9.17) is 14.1 Å². The average molecular weight is 415 g/mol. The minimum absolute atomic E-state index is 0.259. The third-order valence-corrected chi connectivity index (χ3v) is 5.01. The molecule has 2 aromatic carbocycles. The number of aryl methyl sites for hydroxylation is 1. The van der Waals surface area contributed by atoms with Gasteiger partial charge in [-0.05, 0) is 48.7 Å². The van der Waals surface area contributed by atoms with E-state index in [1.165, 1.54) is 6.26 Å². The Hall–Kier alpha value is -3.80. The summed E-state index contributed by atoms with van der Waals surface area (Å²) in [6, 6.07) is 19.3. The summed E-state index contributed by atoms with van der Waals surface area (Å²) < 4.78 is 13.3. The second kappa shape index (κ2) is 9.80. The number of ether oxygens (including phenoxy) is 1. The summed E-state index contributed by atoms with van der Waals surface area (Å²) in [4.78, 5) is 16.9. The standard InChI is InChI=1S/C25H25N3O3/c1-2-9-19-10-3-6-13-22(19)30-17-8-15-28-21-12-5-4-11-20(21)27-24(28)18-26-25(29)23-14-7-16-31-23/h2-7,10-14,16H,1,8-9,15,17-18H2,(H,26,29). The number of fused-ring (bicyclic) bond motifs is 1. The lowest BCUT2D eigenvalue weighted by atomic mass is 10.1. The normalized spacial score (nSPS) is 10.8. The molecule has 31 heavy (non-hydrogen) atoms. The van der Waals surface area contributed by atoms with Crippen molar-refractivity contribution in [2.45, 2.75) is 25.9 Å². The van der Waals surface area contributed by atoms with Crippen molar-refractivity contribution in [1.29, 1.82) is 0 Å². The number of hydrogen-bond donors (Lipinski definition) is 1. The molecule has 0 atom stereocenters. The van der Waals surface area contributed by atoms with Crippen molar-refractivity contribution in [3.63, 3.8) is 0 Å². The van der Waals surface area contributed by atoms with Crippen LogP contribution in [0.1, 0.15) is 28.4 Å². The zero-order valence-electron chi connectivity index (χ0n) is 17.3. The molecule has 0 aliphatic carbocycles. The number of carbonyl (C=O) groups is 1. The monoisotopic (exact) mass is 415 g/mol. The Morgan fingerprint density at radius 2 is 1.97 bits per heavy atom. The Balaban J connectivity index is 1.42. The van der Waals surface area contributed by atoms with Crippen molar-refractivity contribution in [3.05, 3.63) is 96.7 Å². The van der Waals surface area contributed by atoms with Gasteiger partial charge in [-0.2, -0.15) is 0 Å². The van der Waals surface area contributed by atoms with Crippen LogP contribution in [0.2, 0.25) is 0 Å². The van der Waals surface area contributed by atoms with Crippen molar-refractivity contribution < 1.29 is 13.9 Å². The van der Waals surface area contributed by atoms with Gasteiger partial charge < -0.3 is 19.0 Å². The number of imidazole rings is 1. The molecule has 4 aromatic rings. The minimum Gasteiger partial charge on any atom is -0.493 e. The number of benzene rings is 2. The van der Waals surface area contributed by atoms with E-state index in [1.54, 1.807) is 12.1 Å². The molecular formula is C25H25N3O3. The summed E-state index contributed by atoms with van der Waals surface area (Å²) in [6.07, 6.45) is 4.95. The van der Waals surface area contributed by atoms with Crippen molar-refractivity contribution >= 4 is 16.9 Å². The van der Waals surface area contributed by atoms with Gasteiger partial charge in [0.05, 0.1) is 30.4 Å². The van der Waals surface area contributed by atoms with E-state index < -0.39 is 0 Å². The van der Waals surface area contributed by atoms with E-state index in [2.05, 4.69) is 22.5 Å². The fourth-order valence-corrected chi connectivity index (χ4v) is 3.54. The van der Waals surface area contributed by atoms with E-state index in [1.807, 2.05) is 48.5 Å². The third-order valence-electron chi connectivity index (χ3n) is 5.01. The van der Waals surface area contributed by atoms with Crippen molar-refractivity contribution in [1.82, 2.24) is 14.9 Å². The predicted octanol–water partition coefficient (Wildman–Crippen LogP) is 4.76. The molecule has 1 N–H and O–H groups in total. The first-order valence-corrected chi connectivity index (χ1v) is 10.3. The lowest BCUT2D eigenvalue weighted by Gasteiger charge is -2.12. The molecule has 6 heteroatoms. The Morgan fingerprint density at radius 1 is 1.13 bits per heavy atom. The van der Waals surface area contributed by atoms with Crippen LogP contribution in [0, 0.1) is 0 Å². The zero-order valence-corrected chi connectivity index (χ0v) is 17.3. The Bertz CT molecular complexity index is 1160. The predicted molar refractivity (Wildman–Crippen MR) is 120 cm³/mol. The largest absolute Gasteiger partial charge is 0.493 e. The van der Waals surface area contributed by atoms with Crippen LogP contribution >= 0.6 is 0 Å². The number of hydrogen-bond acceptors (Lipinski definition) is 4. The van der Waals surface area contributed by atoms with Crippen LogP contribution < -0.4 is 10.1 Å². The molecule has 1 amide bonds. The van der Waals surface area contributed by atoms with Gasteiger partial charge >= 0.3 is 0 Å². The Kier molecular flexibility index (Phi) is 6.47. The molecule has 0 unspecified atom stereocenters. The van der Waals surface area contributed by atoms with Gasteiger partial charge in [0.15, 0.2) is 5.76 Å². The molecule has 2 heterocycles. The number of para-hydroxylation sites is 3. The molecule has 0 bridgehead atoms. The number of aromatic nitrogens is 2. The number of amides is 1. The second-order valence-corrected chi connectivity index (χ2v) is 7.13. The van der Waals surface area contributed by atoms with Gasteiger partial charge in [0.1, 0.15) is 11.6 Å².